The van der Waals surface area contributed by atoms with Crippen LogP contribution < -0.4 is 5.73 Å². The van der Waals surface area contributed by atoms with Gasteiger partial charge in [-0.1, -0.05) is 61.4 Å². The van der Waals surface area contributed by atoms with Crippen LogP contribution in [0.4, 0.5) is 8.78 Å². The van der Waals surface area contributed by atoms with Gasteiger partial charge in [0, 0.05) is 12.0 Å². The smallest absolute Gasteiger partial charge is 0.226 e. The number of amides is 1. The van der Waals surface area contributed by atoms with Gasteiger partial charge in [-0.05, 0) is 24.5 Å². The molecule has 1 amide bonds. The molecule has 4 nitrogen and oxygen atoms in total. The molecule has 1 fully saturated rings. The minimum absolute atomic E-state index is 0.0679. The summed E-state index contributed by atoms with van der Waals surface area (Å²) < 4.78 is 35.5. The number of carbonyl (C=O) groups excluding carboxylic acids is 1. The standard InChI is InChI=1S/C24H24F2N2O2/c25-19-11-5-4-10-18(19)16-30-20-15-28-24(21(20)26,14-17-8-2-1-3-9-17)23(22(27)29)12-6-7-13-23/h1-5,8-11,15H,6-7,12-14,16H2,(H2,27,29). The Kier molecular flexibility index (Phi) is 5.41. The molecule has 0 bridgehead atoms. The molecule has 1 aliphatic heterocycles. The van der Waals surface area contributed by atoms with E-state index in [1.165, 1.54) is 12.3 Å². The van der Waals surface area contributed by atoms with Crippen molar-refractivity contribution in [3.8, 4) is 0 Å². The summed E-state index contributed by atoms with van der Waals surface area (Å²) >= 11 is 0. The highest BCUT2D eigenvalue weighted by Crippen LogP contribution is 2.55. The SMILES string of the molecule is NC(=O)C1(C2(Cc3ccccc3)N=CC(OCc3ccccc3F)=C2F)CCCC1. The Balaban J connectivity index is 1.72. The summed E-state index contributed by atoms with van der Waals surface area (Å²) in [6.45, 7) is -0.133. The van der Waals surface area contributed by atoms with E-state index in [0.29, 0.717) is 18.4 Å². The van der Waals surface area contributed by atoms with E-state index in [0.717, 1.165) is 18.4 Å². The number of hydrogen-bond acceptors (Lipinski definition) is 3. The van der Waals surface area contributed by atoms with E-state index >= 15 is 4.39 Å². The van der Waals surface area contributed by atoms with Crippen molar-refractivity contribution in [3.05, 3.63) is 83.1 Å². The van der Waals surface area contributed by atoms with Crippen molar-refractivity contribution in [3.63, 3.8) is 0 Å². The molecule has 2 aliphatic rings. The molecular formula is C24H24F2N2O2. The third-order valence-corrected chi connectivity index (χ3v) is 6.35. The second kappa shape index (κ2) is 8.01. The molecule has 4 rings (SSSR count). The molecule has 0 saturated heterocycles. The Bertz CT molecular complexity index is 997. The minimum Gasteiger partial charge on any atom is -0.484 e. The van der Waals surface area contributed by atoms with Gasteiger partial charge in [-0.2, -0.15) is 0 Å². The van der Waals surface area contributed by atoms with Crippen molar-refractivity contribution >= 4 is 12.1 Å². The second-order valence-corrected chi connectivity index (χ2v) is 7.99. The van der Waals surface area contributed by atoms with Crippen LogP contribution in [0, 0.1) is 11.2 Å². The van der Waals surface area contributed by atoms with Crippen molar-refractivity contribution in [1.82, 2.24) is 0 Å². The molecular weight excluding hydrogens is 386 g/mol. The Morgan fingerprint density at radius 3 is 2.37 bits per heavy atom. The third-order valence-electron chi connectivity index (χ3n) is 6.35. The molecule has 0 radical (unpaired) electrons. The summed E-state index contributed by atoms with van der Waals surface area (Å²) in [6.07, 6.45) is 4.04. The van der Waals surface area contributed by atoms with E-state index in [4.69, 9.17) is 10.5 Å². The average molecular weight is 410 g/mol. The lowest BCUT2D eigenvalue weighted by atomic mass is 9.64. The fourth-order valence-electron chi connectivity index (χ4n) is 4.72. The molecule has 1 atom stereocenters. The van der Waals surface area contributed by atoms with Crippen LogP contribution in [0.5, 0.6) is 0 Å². The van der Waals surface area contributed by atoms with Crippen molar-refractivity contribution in [1.29, 1.82) is 0 Å². The molecule has 6 heteroatoms. The van der Waals surface area contributed by atoms with E-state index in [-0.39, 0.29) is 18.8 Å². The van der Waals surface area contributed by atoms with Crippen LogP contribution in [-0.4, -0.2) is 17.7 Å². The van der Waals surface area contributed by atoms with Crippen molar-refractivity contribution in [2.24, 2.45) is 16.1 Å². The van der Waals surface area contributed by atoms with E-state index < -0.39 is 28.5 Å². The van der Waals surface area contributed by atoms with Gasteiger partial charge < -0.3 is 10.5 Å². The van der Waals surface area contributed by atoms with Crippen molar-refractivity contribution in [2.45, 2.75) is 44.2 Å². The van der Waals surface area contributed by atoms with Crippen molar-refractivity contribution < 1.29 is 18.3 Å². The summed E-state index contributed by atoms with van der Waals surface area (Å²) in [5.41, 5.74) is 4.46. The number of rotatable bonds is 7. The van der Waals surface area contributed by atoms with E-state index in [2.05, 4.69) is 4.99 Å². The summed E-state index contributed by atoms with van der Waals surface area (Å²) in [5.74, 6) is -1.64. The Morgan fingerprint density at radius 1 is 1.03 bits per heavy atom. The normalized spacial score (nSPS) is 22.5. The maximum atomic E-state index is 16.0. The molecule has 1 unspecified atom stereocenters. The van der Waals surface area contributed by atoms with E-state index in [9.17, 15) is 9.18 Å². The van der Waals surface area contributed by atoms with Crippen LogP contribution in [0.1, 0.15) is 36.8 Å². The average Bonchev–Trinajstić information content (AvgIpc) is 3.36. The first kappa shape index (κ1) is 20.3. The summed E-state index contributed by atoms with van der Waals surface area (Å²) in [7, 11) is 0. The largest absolute Gasteiger partial charge is 0.484 e. The fourth-order valence-corrected chi connectivity index (χ4v) is 4.72. The molecule has 156 valence electrons. The molecule has 2 aromatic rings. The van der Waals surface area contributed by atoms with Gasteiger partial charge in [-0.25, -0.2) is 8.78 Å². The Labute approximate surface area is 174 Å². The van der Waals surface area contributed by atoms with Crippen LogP contribution >= 0.6 is 0 Å². The van der Waals surface area contributed by atoms with Gasteiger partial charge in [0.15, 0.2) is 11.6 Å². The minimum atomic E-state index is -1.44. The highest BCUT2D eigenvalue weighted by atomic mass is 19.1. The first-order valence-corrected chi connectivity index (χ1v) is 10.1. The Hall–Kier alpha value is -3.02. The van der Waals surface area contributed by atoms with Crippen LogP contribution in [0.3, 0.4) is 0 Å². The zero-order chi connectivity index (χ0) is 21.2. The molecule has 0 aromatic heterocycles. The number of nitrogens with zero attached hydrogens (tertiary/aromatic N) is 1. The first-order chi connectivity index (χ1) is 14.5. The number of nitrogens with two attached hydrogens (primary N) is 1. The van der Waals surface area contributed by atoms with Gasteiger partial charge in [0.25, 0.3) is 0 Å². The maximum Gasteiger partial charge on any atom is 0.226 e. The van der Waals surface area contributed by atoms with Gasteiger partial charge in [0.1, 0.15) is 18.0 Å². The van der Waals surface area contributed by atoms with Gasteiger partial charge in [0.05, 0.1) is 11.6 Å². The highest BCUT2D eigenvalue weighted by Gasteiger charge is 2.61. The van der Waals surface area contributed by atoms with Crippen LogP contribution in [-0.2, 0) is 22.6 Å². The maximum absolute atomic E-state index is 16.0. The predicted octanol–water partition coefficient (Wildman–Crippen LogP) is 4.64. The molecule has 1 heterocycles. The predicted molar refractivity (Wildman–Crippen MR) is 111 cm³/mol. The third kappa shape index (κ3) is 3.30. The number of benzene rings is 2. The summed E-state index contributed by atoms with van der Waals surface area (Å²) in [4.78, 5) is 17.2. The second-order valence-electron chi connectivity index (χ2n) is 7.99. The van der Waals surface area contributed by atoms with Gasteiger partial charge in [0.2, 0.25) is 5.91 Å². The zero-order valence-electron chi connectivity index (χ0n) is 16.6. The lowest BCUT2D eigenvalue weighted by Crippen LogP contribution is -2.54. The zero-order valence-corrected chi connectivity index (χ0v) is 16.6. The number of halogens is 2. The number of hydrogen-bond donors (Lipinski definition) is 1. The molecule has 1 saturated carbocycles. The number of carbonyl (C=O) groups is 1. The molecule has 2 N–H and O–H groups in total. The van der Waals surface area contributed by atoms with Crippen LogP contribution in [0.25, 0.3) is 0 Å². The Morgan fingerprint density at radius 2 is 1.70 bits per heavy atom. The van der Waals surface area contributed by atoms with Gasteiger partial charge in [-0.3, -0.25) is 9.79 Å². The number of primary amides is 1. The number of ether oxygens (including phenoxy) is 1. The topological polar surface area (TPSA) is 64.7 Å². The molecule has 30 heavy (non-hydrogen) atoms. The lowest BCUT2D eigenvalue weighted by Gasteiger charge is -2.41. The molecule has 1 aliphatic carbocycles. The lowest BCUT2D eigenvalue weighted by molar-refractivity contribution is -0.131. The number of aliphatic imine (C=N–C) groups is 1. The van der Waals surface area contributed by atoms with Crippen LogP contribution in [0.15, 0.2) is 71.2 Å². The number of allylic oxidation sites excluding steroid dienone is 1. The summed E-state index contributed by atoms with van der Waals surface area (Å²) in [6, 6.07) is 15.6. The van der Waals surface area contributed by atoms with Crippen LogP contribution in [0.2, 0.25) is 0 Å². The van der Waals surface area contributed by atoms with Gasteiger partial charge in [-0.15, -0.1) is 0 Å². The quantitative estimate of drug-likeness (QED) is 0.723. The molecule has 2 aromatic carbocycles. The molecule has 0 spiro atoms. The summed E-state index contributed by atoms with van der Waals surface area (Å²) in [5, 5.41) is 0. The van der Waals surface area contributed by atoms with E-state index in [1.807, 2.05) is 30.3 Å². The monoisotopic (exact) mass is 410 g/mol. The van der Waals surface area contributed by atoms with Crippen molar-refractivity contribution in [2.75, 3.05) is 0 Å². The highest BCUT2D eigenvalue weighted by molar-refractivity contribution is 5.88. The van der Waals surface area contributed by atoms with Gasteiger partial charge >= 0.3 is 0 Å². The van der Waals surface area contributed by atoms with E-state index in [1.54, 1.807) is 18.2 Å². The fraction of sp³-hybridized carbons (Fsp3) is 0.333. The first-order valence-electron chi connectivity index (χ1n) is 10.1.